The zero-order valence-corrected chi connectivity index (χ0v) is 13.4. The van der Waals surface area contributed by atoms with Gasteiger partial charge in [0.25, 0.3) is 0 Å². The SMILES string of the molecule is CCCC(CBr)CS(=O)(=O)c1cccc(C(F)(F)F)c1. The summed E-state index contributed by atoms with van der Waals surface area (Å²) < 4.78 is 62.1. The minimum Gasteiger partial charge on any atom is -0.224 e. The van der Waals surface area contributed by atoms with E-state index in [0.717, 1.165) is 18.6 Å². The average Bonchev–Trinajstić information content (AvgIpc) is 2.37. The Morgan fingerprint density at radius 2 is 1.95 bits per heavy atom. The summed E-state index contributed by atoms with van der Waals surface area (Å²) in [6, 6.07) is 3.90. The van der Waals surface area contributed by atoms with Crippen molar-refractivity contribution < 1.29 is 21.6 Å². The molecule has 2 nitrogen and oxygen atoms in total. The maximum Gasteiger partial charge on any atom is 0.416 e. The Bertz CT molecular complexity index is 541. The van der Waals surface area contributed by atoms with Crippen molar-refractivity contribution in [3.63, 3.8) is 0 Å². The van der Waals surface area contributed by atoms with Crippen LogP contribution in [0.2, 0.25) is 0 Å². The highest BCUT2D eigenvalue weighted by molar-refractivity contribution is 9.09. The minimum absolute atomic E-state index is 0.0976. The Balaban J connectivity index is 3.04. The molecule has 0 aliphatic heterocycles. The van der Waals surface area contributed by atoms with Gasteiger partial charge in [-0.2, -0.15) is 13.2 Å². The summed E-state index contributed by atoms with van der Waals surface area (Å²) >= 11 is 3.24. The first kappa shape index (κ1) is 17.5. The van der Waals surface area contributed by atoms with Gasteiger partial charge in [-0.25, -0.2) is 8.42 Å². The molecule has 1 atom stereocenters. The lowest BCUT2D eigenvalue weighted by atomic mass is 10.1. The molecule has 0 bridgehead atoms. The minimum atomic E-state index is -4.54. The van der Waals surface area contributed by atoms with Crippen molar-refractivity contribution in [3.8, 4) is 0 Å². The molecule has 0 spiro atoms. The predicted molar refractivity (Wildman–Crippen MR) is 75.7 cm³/mol. The van der Waals surface area contributed by atoms with E-state index in [0.29, 0.717) is 17.8 Å². The van der Waals surface area contributed by atoms with Crippen molar-refractivity contribution in [2.24, 2.45) is 5.92 Å². The molecule has 0 saturated carbocycles. The molecule has 0 heterocycles. The molecule has 0 N–H and O–H groups in total. The van der Waals surface area contributed by atoms with Gasteiger partial charge < -0.3 is 0 Å². The lowest BCUT2D eigenvalue weighted by Gasteiger charge is -2.14. The van der Waals surface area contributed by atoms with Gasteiger partial charge in [0, 0.05) is 5.33 Å². The molecule has 0 saturated heterocycles. The van der Waals surface area contributed by atoms with Crippen LogP contribution in [0.25, 0.3) is 0 Å². The first-order chi connectivity index (χ1) is 9.20. The summed E-state index contributed by atoms with van der Waals surface area (Å²) in [5, 5.41) is 0.513. The molecular weight excluding hydrogens is 357 g/mol. The Kier molecular flexibility index (Phi) is 6.06. The van der Waals surface area contributed by atoms with Crippen molar-refractivity contribution >= 4 is 25.8 Å². The zero-order chi connectivity index (χ0) is 15.4. The zero-order valence-electron chi connectivity index (χ0n) is 11.0. The molecule has 0 fully saturated rings. The fourth-order valence-electron chi connectivity index (χ4n) is 1.89. The van der Waals surface area contributed by atoms with Crippen molar-refractivity contribution in [2.75, 3.05) is 11.1 Å². The van der Waals surface area contributed by atoms with Gasteiger partial charge in [0.2, 0.25) is 0 Å². The lowest BCUT2D eigenvalue weighted by molar-refractivity contribution is -0.137. The van der Waals surface area contributed by atoms with Gasteiger partial charge in [-0.3, -0.25) is 0 Å². The molecule has 0 aromatic heterocycles. The average molecular weight is 373 g/mol. The van der Waals surface area contributed by atoms with E-state index in [-0.39, 0.29) is 16.6 Å². The summed E-state index contributed by atoms with van der Waals surface area (Å²) in [6.07, 6.45) is -3.00. The van der Waals surface area contributed by atoms with E-state index in [2.05, 4.69) is 15.9 Å². The van der Waals surface area contributed by atoms with Crippen molar-refractivity contribution in [3.05, 3.63) is 29.8 Å². The third kappa shape index (κ3) is 4.77. The first-order valence-corrected chi connectivity index (χ1v) is 8.94. The van der Waals surface area contributed by atoms with Gasteiger partial charge >= 0.3 is 6.18 Å². The van der Waals surface area contributed by atoms with Gasteiger partial charge in [0.1, 0.15) is 0 Å². The molecule has 114 valence electrons. The second-order valence-electron chi connectivity index (χ2n) is 4.62. The topological polar surface area (TPSA) is 34.1 Å². The van der Waals surface area contributed by atoms with Crippen LogP contribution in [0.3, 0.4) is 0 Å². The van der Waals surface area contributed by atoms with E-state index in [1.807, 2.05) is 6.92 Å². The van der Waals surface area contributed by atoms with Crippen LogP contribution in [0.15, 0.2) is 29.2 Å². The highest BCUT2D eigenvalue weighted by Gasteiger charge is 2.32. The Labute approximate surface area is 125 Å². The molecule has 0 aliphatic carbocycles. The van der Waals surface area contributed by atoms with E-state index >= 15 is 0 Å². The molecule has 0 radical (unpaired) electrons. The fourth-order valence-corrected chi connectivity index (χ4v) is 4.43. The molecule has 1 rings (SSSR count). The fraction of sp³-hybridized carbons (Fsp3) is 0.538. The van der Waals surface area contributed by atoms with Gasteiger partial charge in [0.15, 0.2) is 9.84 Å². The maximum absolute atomic E-state index is 12.6. The number of alkyl halides is 4. The first-order valence-electron chi connectivity index (χ1n) is 6.16. The van der Waals surface area contributed by atoms with Crippen LogP contribution in [0.5, 0.6) is 0 Å². The summed E-state index contributed by atoms with van der Waals surface area (Å²) in [4.78, 5) is -0.269. The highest BCUT2D eigenvalue weighted by Crippen LogP contribution is 2.31. The standard InChI is InChI=1S/C13H16BrF3O2S/c1-2-4-10(8-14)9-20(18,19)12-6-3-5-11(7-12)13(15,16)17/h3,5-7,10H,2,4,8-9H2,1H3. The van der Waals surface area contributed by atoms with Crippen molar-refractivity contribution in [1.82, 2.24) is 0 Å². The van der Waals surface area contributed by atoms with Gasteiger partial charge in [-0.1, -0.05) is 35.3 Å². The number of halogens is 4. The summed E-state index contributed by atoms with van der Waals surface area (Å²) in [5.74, 6) is -0.243. The van der Waals surface area contributed by atoms with E-state index < -0.39 is 21.6 Å². The quantitative estimate of drug-likeness (QED) is 0.698. The van der Waals surface area contributed by atoms with E-state index in [1.165, 1.54) is 6.07 Å². The molecule has 1 aromatic carbocycles. The van der Waals surface area contributed by atoms with Crippen LogP contribution in [0.4, 0.5) is 13.2 Å². The Morgan fingerprint density at radius 3 is 2.45 bits per heavy atom. The Hall–Kier alpha value is -0.560. The molecule has 0 amide bonds. The van der Waals surface area contributed by atoms with Gasteiger partial charge in [0.05, 0.1) is 16.2 Å². The number of rotatable bonds is 6. The number of hydrogen-bond acceptors (Lipinski definition) is 2. The third-order valence-corrected chi connectivity index (χ3v) is 5.69. The van der Waals surface area contributed by atoms with Gasteiger partial charge in [-0.15, -0.1) is 0 Å². The second kappa shape index (κ2) is 6.93. The van der Waals surface area contributed by atoms with E-state index in [9.17, 15) is 21.6 Å². The number of hydrogen-bond donors (Lipinski definition) is 0. The molecule has 7 heteroatoms. The predicted octanol–water partition coefficient (Wildman–Crippen LogP) is 4.29. The van der Waals surface area contributed by atoms with Crippen LogP contribution in [-0.2, 0) is 16.0 Å². The maximum atomic E-state index is 12.6. The molecular formula is C13H16BrF3O2S. The smallest absolute Gasteiger partial charge is 0.224 e. The molecule has 1 unspecified atom stereocenters. The Morgan fingerprint density at radius 1 is 1.30 bits per heavy atom. The molecule has 20 heavy (non-hydrogen) atoms. The summed E-state index contributed by atoms with van der Waals surface area (Å²) in [5.41, 5.74) is -0.940. The normalized spacial score (nSPS) is 14.2. The van der Waals surface area contributed by atoms with Crippen LogP contribution in [0.1, 0.15) is 25.3 Å². The summed E-state index contributed by atoms with van der Waals surface area (Å²) in [7, 11) is -3.71. The van der Waals surface area contributed by atoms with E-state index in [4.69, 9.17) is 0 Å². The molecule has 1 aromatic rings. The second-order valence-corrected chi connectivity index (χ2v) is 7.30. The summed E-state index contributed by atoms with van der Waals surface area (Å²) in [6.45, 7) is 1.94. The largest absolute Gasteiger partial charge is 0.416 e. The lowest BCUT2D eigenvalue weighted by Crippen LogP contribution is -2.18. The van der Waals surface area contributed by atoms with Crippen molar-refractivity contribution in [1.29, 1.82) is 0 Å². The van der Waals surface area contributed by atoms with Gasteiger partial charge in [-0.05, 0) is 30.5 Å². The highest BCUT2D eigenvalue weighted by atomic mass is 79.9. The monoisotopic (exact) mass is 372 g/mol. The van der Waals surface area contributed by atoms with Crippen LogP contribution in [-0.4, -0.2) is 19.5 Å². The molecule has 0 aliphatic rings. The number of benzene rings is 1. The van der Waals surface area contributed by atoms with Crippen LogP contribution in [0, 0.1) is 5.92 Å². The van der Waals surface area contributed by atoms with Crippen LogP contribution >= 0.6 is 15.9 Å². The van der Waals surface area contributed by atoms with E-state index in [1.54, 1.807) is 0 Å². The van der Waals surface area contributed by atoms with Crippen LogP contribution < -0.4 is 0 Å². The number of sulfone groups is 1. The van der Waals surface area contributed by atoms with Crippen molar-refractivity contribution in [2.45, 2.75) is 30.8 Å². The third-order valence-electron chi connectivity index (χ3n) is 2.89.